The molecule has 0 aromatic heterocycles. The first-order valence-electron chi connectivity index (χ1n) is 6.87. The molecule has 2 rings (SSSR count). The van der Waals surface area contributed by atoms with Crippen LogP contribution in [0.1, 0.15) is 31.9 Å². The SMILES string of the molecule is CC1(C)CN(CCC(O)c2cccc(F)c2F)CCO1. The van der Waals surface area contributed by atoms with E-state index in [1.165, 1.54) is 12.1 Å². The highest BCUT2D eigenvalue weighted by Gasteiger charge is 2.27. The molecule has 1 saturated heterocycles. The number of aliphatic hydroxyl groups is 1. The van der Waals surface area contributed by atoms with Crippen molar-refractivity contribution in [1.82, 2.24) is 4.90 Å². The van der Waals surface area contributed by atoms with Crippen molar-refractivity contribution in [3.8, 4) is 0 Å². The molecule has 1 aliphatic heterocycles. The van der Waals surface area contributed by atoms with Crippen molar-refractivity contribution < 1.29 is 18.6 Å². The minimum Gasteiger partial charge on any atom is -0.388 e. The Hall–Kier alpha value is -1.04. The van der Waals surface area contributed by atoms with E-state index in [-0.39, 0.29) is 11.2 Å². The molecule has 5 heteroatoms. The molecule has 0 spiro atoms. The molecule has 0 saturated carbocycles. The van der Waals surface area contributed by atoms with Crippen LogP contribution >= 0.6 is 0 Å². The highest BCUT2D eigenvalue weighted by molar-refractivity contribution is 5.21. The molecule has 20 heavy (non-hydrogen) atoms. The Kier molecular flexibility index (Phi) is 4.73. The van der Waals surface area contributed by atoms with Gasteiger partial charge in [-0.1, -0.05) is 12.1 Å². The van der Waals surface area contributed by atoms with Crippen molar-refractivity contribution in [2.45, 2.75) is 32.0 Å². The van der Waals surface area contributed by atoms with Crippen molar-refractivity contribution in [2.24, 2.45) is 0 Å². The van der Waals surface area contributed by atoms with E-state index in [0.29, 0.717) is 19.6 Å². The van der Waals surface area contributed by atoms with Gasteiger partial charge in [0, 0.05) is 25.2 Å². The number of nitrogens with zero attached hydrogens (tertiary/aromatic N) is 1. The first-order valence-corrected chi connectivity index (χ1v) is 6.87. The number of ether oxygens (including phenoxy) is 1. The average molecular weight is 285 g/mol. The maximum Gasteiger partial charge on any atom is 0.164 e. The highest BCUT2D eigenvalue weighted by atomic mass is 19.2. The molecule has 112 valence electrons. The molecule has 0 bridgehead atoms. The van der Waals surface area contributed by atoms with Gasteiger partial charge in [-0.15, -0.1) is 0 Å². The number of hydrogen-bond donors (Lipinski definition) is 1. The zero-order chi connectivity index (χ0) is 14.8. The Morgan fingerprint density at radius 3 is 2.85 bits per heavy atom. The third-order valence-electron chi connectivity index (χ3n) is 3.56. The lowest BCUT2D eigenvalue weighted by Gasteiger charge is -2.38. The number of rotatable bonds is 4. The molecule has 0 amide bonds. The van der Waals surface area contributed by atoms with Gasteiger partial charge in [0.1, 0.15) is 0 Å². The lowest BCUT2D eigenvalue weighted by atomic mass is 10.0. The van der Waals surface area contributed by atoms with E-state index in [1.807, 2.05) is 13.8 Å². The first kappa shape index (κ1) is 15.4. The zero-order valence-corrected chi connectivity index (χ0v) is 11.9. The lowest BCUT2D eigenvalue weighted by Crippen LogP contribution is -2.48. The summed E-state index contributed by atoms with van der Waals surface area (Å²) in [5, 5.41) is 10.0. The Bertz CT molecular complexity index is 465. The second-order valence-corrected chi connectivity index (χ2v) is 5.83. The second-order valence-electron chi connectivity index (χ2n) is 5.83. The van der Waals surface area contributed by atoms with E-state index in [9.17, 15) is 13.9 Å². The molecule has 1 aromatic carbocycles. The van der Waals surface area contributed by atoms with Crippen LogP contribution in [-0.2, 0) is 4.74 Å². The number of aliphatic hydroxyl groups excluding tert-OH is 1. The Labute approximate surface area is 118 Å². The van der Waals surface area contributed by atoms with Crippen molar-refractivity contribution >= 4 is 0 Å². The molecule has 1 atom stereocenters. The molecule has 1 unspecified atom stereocenters. The molecule has 0 radical (unpaired) electrons. The van der Waals surface area contributed by atoms with E-state index in [2.05, 4.69) is 4.90 Å². The Morgan fingerprint density at radius 2 is 2.15 bits per heavy atom. The molecule has 3 nitrogen and oxygen atoms in total. The van der Waals surface area contributed by atoms with Gasteiger partial charge in [0.2, 0.25) is 0 Å². The molecule has 0 aliphatic carbocycles. The second kappa shape index (κ2) is 6.16. The van der Waals surface area contributed by atoms with Crippen molar-refractivity contribution in [3.63, 3.8) is 0 Å². The van der Waals surface area contributed by atoms with Gasteiger partial charge in [-0.2, -0.15) is 0 Å². The lowest BCUT2D eigenvalue weighted by molar-refractivity contribution is -0.0878. The van der Waals surface area contributed by atoms with Gasteiger partial charge >= 0.3 is 0 Å². The highest BCUT2D eigenvalue weighted by Crippen LogP contribution is 2.23. The molecular weight excluding hydrogens is 264 g/mol. The van der Waals surface area contributed by atoms with E-state index in [1.54, 1.807) is 0 Å². The van der Waals surface area contributed by atoms with Crippen LogP contribution in [-0.4, -0.2) is 41.8 Å². The van der Waals surface area contributed by atoms with E-state index in [4.69, 9.17) is 4.74 Å². The van der Waals surface area contributed by atoms with Gasteiger partial charge in [-0.3, -0.25) is 4.90 Å². The molecule has 1 heterocycles. The summed E-state index contributed by atoms with van der Waals surface area (Å²) in [4.78, 5) is 2.17. The van der Waals surface area contributed by atoms with E-state index < -0.39 is 17.7 Å². The van der Waals surface area contributed by atoms with Crippen LogP contribution < -0.4 is 0 Å². The molecule has 1 aliphatic rings. The standard InChI is InChI=1S/C15H21F2NO2/c1-15(2)10-18(8-9-20-15)7-6-13(19)11-4-3-5-12(16)14(11)17/h3-5,13,19H,6-10H2,1-2H3. The van der Waals surface area contributed by atoms with Crippen LogP contribution in [0.15, 0.2) is 18.2 Å². The monoisotopic (exact) mass is 285 g/mol. The summed E-state index contributed by atoms with van der Waals surface area (Å²) < 4.78 is 32.3. The predicted molar refractivity (Wildman–Crippen MR) is 72.4 cm³/mol. The number of morpholine rings is 1. The summed E-state index contributed by atoms with van der Waals surface area (Å²) in [5.41, 5.74) is -0.176. The Balaban J connectivity index is 1.92. The third kappa shape index (κ3) is 3.75. The summed E-state index contributed by atoms with van der Waals surface area (Å²) in [5.74, 6) is -1.88. The first-order chi connectivity index (χ1) is 9.39. The maximum absolute atomic E-state index is 13.6. The van der Waals surface area contributed by atoms with Crippen LogP contribution in [0.3, 0.4) is 0 Å². The number of halogens is 2. The van der Waals surface area contributed by atoms with Crippen molar-refractivity contribution in [1.29, 1.82) is 0 Å². The van der Waals surface area contributed by atoms with Crippen molar-refractivity contribution in [2.75, 3.05) is 26.2 Å². The predicted octanol–water partition coefficient (Wildman–Crippen LogP) is 2.50. The van der Waals surface area contributed by atoms with Crippen LogP contribution in [0, 0.1) is 11.6 Å². The topological polar surface area (TPSA) is 32.7 Å². The van der Waals surface area contributed by atoms with E-state index in [0.717, 1.165) is 19.2 Å². The summed E-state index contributed by atoms with van der Waals surface area (Å²) in [6, 6.07) is 3.89. The minimum absolute atomic E-state index is 0.0255. The molecule has 1 aromatic rings. The average Bonchev–Trinajstić information content (AvgIpc) is 2.38. The van der Waals surface area contributed by atoms with Gasteiger partial charge in [0.15, 0.2) is 11.6 Å². The fourth-order valence-corrected chi connectivity index (χ4v) is 2.54. The van der Waals surface area contributed by atoms with Crippen LogP contribution in [0.25, 0.3) is 0 Å². The molecule has 1 fully saturated rings. The van der Waals surface area contributed by atoms with Crippen LogP contribution in [0.4, 0.5) is 8.78 Å². The molecular formula is C15H21F2NO2. The van der Waals surface area contributed by atoms with Gasteiger partial charge in [0.25, 0.3) is 0 Å². The van der Waals surface area contributed by atoms with Crippen LogP contribution in [0.2, 0.25) is 0 Å². The van der Waals surface area contributed by atoms with E-state index >= 15 is 0 Å². The van der Waals surface area contributed by atoms with Crippen molar-refractivity contribution in [3.05, 3.63) is 35.4 Å². The van der Waals surface area contributed by atoms with Gasteiger partial charge in [-0.25, -0.2) is 8.78 Å². The minimum atomic E-state index is -0.989. The summed E-state index contributed by atoms with van der Waals surface area (Å²) in [7, 11) is 0. The zero-order valence-electron chi connectivity index (χ0n) is 11.9. The van der Waals surface area contributed by atoms with Gasteiger partial charge in [-0.05, 0) is 26.3 Å². The van der Waals surface area contributed by atoms with Gasteiger partial charge in [0.05, 0.1) is 18.3 Å². The fraction of sp³-hybridized carbons (Fsp3) is 0.600. The smallest absolute Gasteiger partial charge is 0.164 e. The third-order valence-corrected chi connectivity index (χ3v) is 3.56. The van der Waals surface area contributed by atoms with Crippen LogP contribution in [0.5, 0.6) is 0 Å². The Morgan fingerprint density at radius 1 is 1.40 bits per heavy atom. The number of hydrogen-bond acceptors (Lipinski definition) is 3. The fourth-order valence-electron chi connectivity index (χ4n) is 2.54. The largest absolute Gasteiger partial charge is 0.388 e. The normalized spacial score (nSPS) is 20.9. The number of benzene rings is 1. The maximum atomic E-state index is 13.6. The quantitative estimate of drug-likeness (QED) is 0.922. The molecule has 1 N–H and O–H groups in total. The van der Waals surface area contributed by atoms with Gasteiger partial charge < -0.3 is 9.84 Å². The summed E-state index contributed by atoms with van der Waals surface area (Å²) in [6.07, 6.45) is -0.618. The summed E-state index contributed by atoms with van der Waals surface area (Å²) >= 11 is 0. The summed E-state index contributed by atoms with van der Waals surface area (Å²) in [6.45, 7) is 6.87.